The van der Waals surface area contributed by atoms with Crippen molar-refractivity contribution >= 4 is 39.0 Å². The highest BCUT2D eigenvalue weighted by atomic mass is 32.1. The van der Waals surface area contributed by atoms with Crippen molar-refractivity contribution < 1.29 is 4.79 Å². The van der Waals surface area contributed by atoms with Gasteiger partial charge in [0.15, 0.2) is 5.13 Å². The van der Waals surface area contributed by atoms with Crippen LogP contribution in [0.5, 0.6) is 0 Å². The Kier molecular flexibility index (Phi) is 4.61. The number of rotatable bonds is 4. The van der Waals surface area contributed by atoms with Gasteiger partial charge in [-0.2, -0.15) is 0 Å². The van der Waals surface area contributed by atoms with E-state index < -0.39 is 0 Å². The van der Waals surface area contributed by atoms with Crippen LogP contribution in [-0.2, 0) is 6.54 Å². The minimum absolute atomic E-state index is 0.0508. The van der Waals surface area contributed by atoms with Gasteiger partial charge in [0.05, 0.1) is 5.69 Å². The molecule has 0 saturated heterocycles. The molecule has 2 N–H and O–H groups in total. The summed E-state index contributed by atoms with van der Waals surface area (Å²) in [5, 5.41) is 9.11. The number of thiazole rings is 1. The van der Waals surface area contributed by atoms with Gasteiger partial charge < -0.3 is 9.88 Å². The van der Waals surface area contributed by atoms with Gasteiger partial charge in [-0.15, -0.1) is 11.3 Å². The molecule has 0 aliphatic carbocycles. The molecular formula is C17H18N4O2S. The van der Waals surface area contributed by atoms with Gasteiger partial charge in [-0.05, 0) is 12.0 Å². The molecule has 2 amide bonds. The number of pyridine rings is 1. The van der Waals surface area contributed by atoms with E-state index in [1.807, 2.05) is 32.0 Å². The molecular weight excluding hydrogens is 324 g/mol. The van der Waals surface area contributed by atoms with E-state index in [2.05, 4.69) is 15.6 Å². The number of aromatic nitrogens is 2. The topological polar surface area (TPSA) is 76.0 Å². The third-order valence-corrected chi connectivity index (χ3v) is 4.14. The molecule has 1 aromatic carbocycles. The van der Waals surface area contributed by atoms with Crippen LogP contribution in [0.1, 0.15) is 13.8 Å². The van der Waals surface area contributed by atoms with Crippen molar-refractivity contribution in [3.05, 3.63) is 52.4 Å². The minimum Gasteiger partial charge on any atom is -0.313 e. The summed E-state index contributed by atoms with van der Waals surface area (Å²) < 4.78 is 1.64. The Morgan fingerprint density at radius 1 is 1.25 bits per heavy atom. The summed E-state index contributed by atoms with van der Waals surface area (Å²) in [5.74, 6) is 0.320. The van der Waals surface area contributed by atoms with Crippen LogP contribution in [-0.4, -0.2) is 15.6 Å². The molecule has 0 spiro atoms. The van der Waals surface area contributed by atoms with Crippen molar-refractivity contribution in [3.8, 4) is 0 Å². The first-order chi connectivity index (χ1) is 11.5. The zero-order chi connectivity index (χ0) is 17.1. The number of amides is 2. The van der Waals surface area contributed by atoms with Crippen LogP contribution in [0.3, 0.4) is 0 Å². The van der Waals surface area contributed by atoms with Crippen molar-refractivity contribution in [2.45, 2.75) is 20.4 Å². The monoisotopic (exact) mass is 342 g/mol. The average molecular weight is 342 g/mol. The lowest BCUT2D eigenvalue weighted by Crippen LogP contribution is -2.25. The second-order valence-electron chi connectivity index (χ2n) is 5.86. The number of anilines is 2. The van der Waals surface area contributed by atoms with Gasteiger partial charge in [-0.25, -0.2) is 9.78 Å². The number of urea groups is 1. The van der Waals surface area contributed by atoms with Gasteiger partial charge in [-0.3, -0.25) is 10.1 Å². The van der Waals surface area contributed by atoms with Gasteiger partial charge >= 0.3 is 6.03 Å². The largest absolute Gasteiger partial charge is 0.325 e. The molecule has 0 bridgehead atoms. The maximum absolute atomic E-state index is 12.6. The number of nitrogens with zero attached hydrogens (tertiary/aromatic N) is 2. The lowest BCUT2D eigenvalue weighted by atomic mass is 10.1. The van der Waals surface area contributed by atoms with Gasteiger partial charge in [-0.1, -0.05) is 32.0 Å². The summed E-state index contributed by atoms with van der Waals surface area (Å²) in [6.07, 6.45) is 3.32. The minimum atomic E-state index is -0.384. The van der Waals surface area contributed by atoms with Crippen molar-refractivity contribution in [2.24, 2.45) is 5.92 Å². The standard InChI is InChI=1S/C17H18N4O2S/c1-11(2)9-21-10-14(12-5-3-4-6-13(12)15(21)22)19-16(23)20-17-18-7-8-24-17/h3-8,10-11H,9H2,1-2H3,(H2,18,19,20,23). The quantitative estimate of drug-likeness (QED) is 0.758. The third kappa shape index (κ3) is 3.46. The lowest BCUT2D eigenvalue weighted by Gasteiger charge is -2.14. The molecule has 124 valence electrons. The lowest BCUT2D eigenvalue weighted by molar-refractivity contribution is 0.262. The molecule has 0 atom stereocenters. The van der Waals surface area contributed by atoms with E-state index in [0.29, 0.717) is 28.7 Å². The van der Waals surface area contributed by atoms with Gasteiger partial charge in [0.2, 0.25) is 0 Å². The molecule has 0 aliphatic rings. The van der Waals surface area contributed by atoms with E-state index >= 15 is 0 Å². The van der Waals surface area contributed by atoms with Gasteiger partial charge in [0, 0.05) is 35.1 Å². The van der Waals surface area contributed by atoms with Crippen LogP contribution < -0.4 is 16.2 Å². The number of carbonyl (C=O) groups excluding carboxylic acids is 1. The Balaban J connectivity index is 1.98. The Bertz CT molecular complexity index is 916. The predicted octanol–water partition coefficient (Wildman–Crippen LogP) is 3.76. The molecule has 0 fully saturated rings. The zero-order valence-electron chi connectivity index (χ0n) is 13.4. The second-order valence-corrected chi connectivity index (χ2v) is 6.75. The maximum Gasteiger partial charge on any atom is 0.325 e. The van der Waals surface area contributed by atoms with Crippen LogP contribution in [0.2, 0.25) is 0 Å². The van der Waals surface area contributed by atoms with E-state index in [4.69, 9.17) is 0 Å². The summed E-state index contributed by atoms with van der Waals surface area (Å²) in [6.45, 7) is 4.68. The Labute approximate surface area is 143 Å². The molecule has 2 heterocycles. The number of hydrogen-bond donors (Lipinski definition) is 2. The molecule has 2 aromatic heterocycles. The number of benzene rings is 1. The normalized spacial score (nSPS) is 11.0. The first-order valence-corrected chi connectivity index (χ1v) is 8.52. The van der Waals surface area contributed by atoms with E-state index in [1.54, 1.807) is 28.4 Å². The third-order valence-electron chi connectivity index (χ3n) is 3.46. The molecule has 3 rings (SSSR count). The summed E-state index contributed by atoms with van der Waals surface area (Å²) >= 11 is 1.34. The van der Waals surface area contributed by atoms with Crippen molar-refractivity contribution in [3.63, 3.8) is 0 Å². The predicted molar refractivity (Wildman–Crippen MR) is 97.8 cm³/mol. The highest BCUT2D eigenvalue weighted by Crippen LogP contribution is 2.21. The Morgan fingerprint density at radius 3 is 2.67 bits per heavy atom. The van der Waals surface area contributed by atoms with E-state index in [9.17, 15) is 9.59 Å². The summed E-state index contributed by atoms with van der Waals surface area (Å²) in [6, 6.07) is 6.89. The Hall–Kier alpha value is -2.67. The number of fused-ring (bicyclic) bond motifs is 1. The van der Waals surface area contributed by atoms with E-state index in [-0.39, 0.29) is 11.6 Å². The number of nitrogens with one attached hydrogen (secondary N) is 2. The molecule has 3 aromatic rings. The SMILES string of the molecule is CC(C)Cn1cc(NC(=O)Nc2nccs2)c2ccccc2c1=O. The first kappa shape index (κ1) is 16.2. The van der Waals surface area contributed by atoms with Crippen LogP contribution in [0.4, 0.5) is 15.6 Å². The average Bonchev–Trinajstić information content (AvgIpc) is 3.04. The van der Waals surface area contributed by atoms with E-state index in [0.717, 1.165) is 5.39 Å². The molecule has 0 radical (unpaired) electrons. The molecule has 0 unspecified atom stereocenters. The number of carbonyl (C=O) groups is 1. The fourth-order valence-electron chi connectivity index (χ4n) is 2.51. The summed E-state index contributed by atoms with van der Waals surface area (Å²) in [5.41, 5.74) is 0.546. The second kappa shape index (κ2) is 6.84. The highest BCUT2D eigenvalue weighted by molar-refractivity contribution is 7.13. The summed E-state index contributed by atoms with van der Waals surface area (Å²) in [4.78, 5) is 28.8. The van der Waals surface area contributed by atoms with Crippen LogP contribution in [0, 0.1) is 5.92 Å². The fourth-order valence-corrected chi connectivity index (χ4v) is 3.03. The van der Waals surface area contributed by atoms with E-state index in [1.165, 1.54) is 11.3 Å². The van der Waals surface area contributed by atoms with Crippen molar-refractivity contribution in [1.29, 1.82) is 0 Å². The van der Waals surface area contributed by atoms with Crippen LogP contribution >= 0.6 is 11.3 Å². The molecule has 0 aliphatic heterocycles. The van der Waals surface area contributed by atoms with Gasteiger partial charge in [0.1, 0.15) is 0 Å². The van der Waals surface area contributed by atoms with Crippen molar-refractivity contribution in [1.82, 2.24) is 9.55 Å². The zero-order valence-corrected chi connectivity index (χ0v) is 14.3. The van der Waals surface area contributed by atoms with Crippen molar-refractivity contribution in [2.75, 3.05) is 10.6 Å². The molecule has 6 nitrogen and oxygen atoms in total. The fraction of sp³-hybridized carbons (Fsp3) is 0.235. The summed E-state index contributed by atoms with van der Waals surface area (Å²) in [7, 11) is 0. The number of hydrogen-bond acceptors (Lipinski definition) is 4. The smallest absolute Gasteiger partial charge is 0.313 e. The van der Waals surface area contributed by atoms with Gasteiger partial charge in [0.25, 0.3) is 5.56 Å². The molecule has 0 saturated carbocycles. The maximum atomic E-state index is 12.6. The Morgan fingerprint density at radius 2 is 2.00 bits per heavy atom. The van der Waals surface area contributed by atoms with Crippen LogP contribution in [0.25, 0.3) is 10.8 Å². The molecule has 24 heavy (non-hydrogen) atoms. The van der Waals surface area contributed by atoms with Crippen LogP contribution in [0.15, 0.2) is 46.8 Å². The first-order valence-electron chi connectivity index (χ1n) is 7.64. The highest BCUT2D eigenvalue weighted by Gasteiger charge is 2.12. The molecule has 7 heteroatoms.